The van der Waals surface area contributed by atoms with Crippen molar-refractivity contribution < 1.29 is 9.72 Å². The van der Waals surface area contributed by atoms with Crippen LogP contribution in [-0.4, -0.2) is 53.1 Å². The molecule has 8 nitrogen and oxygen atoms in total. The average molecular weight is 277 g/mol. The maximum atomic E-state index is 12.3. The third-order valence-electron chi connectivity index (χ3n) is 3.00. The quantitative estimate of drug-likeness (QED) is 0.620. The van der Waals surface area contributed by atoms with Crippen molar-refractivity contribution >= 4 is 22.5 Å². The molecule has 1 aromatic heterocycles. The predicted octanol–water partition coefficient (Wildman–Crippen LogP) is 0.762. The van der Waals surface area contributed by atoms with Crippen molar-refractivity contribution in [1.29, 1.82) is 0 Å². The third kappa shape index (κ3) is 2.59. The summed E-state index contributed by atoms with van der Waals surface area (Å²) < 4.78 is 0. The molecular weight excluding hydrogens is 262 g/mol. The molecule has 0 aliphatic carbocycles. The molecule has 0 radical (unpaired) electrons. The van der Waals surface area contributed by atoms with E-state index in [1.807, 2.05) is 0 Å². The summed E-state index contributed by atoms with van der Waals surface area (Å²) in [6.45, 7) is 1.18. The molecule has 0 unspecified atom stereocenters. The number of likely N-dealkylation sites (N-methyl/N-ethyl adjacent to an activating group) is 2. The molecule has 2 aromatic rings. The molecule has 1 amide bonds. The fraction of sp³-hybridized carbons (Fsp3) is 0.333. The fourth-order valence-corrected chi connectivity index (χ4v) is 1.84. The normalized spacial score (nSPS) is 10.7. The topological polar surface area (TPSA) is 104 Å². The zero-order chi connectivity index (χ0) is 14.7. The number of aromatic nitrogens is 2. The van der Waals surface area contributed by atoms with Gasteiger partial charge in [0.2, 0.25) is 0 Å². The van der Waals surface area contributed by atoms with Crippen LogP contribution in [0.3, 0.4) is 0 Å². The van der Waals surface area contributed by atoms with Crippen molar-refractivity contribution in [1.82, 2.24) is 20.4 Å². The van der Waals surface area contributed by atoms with Gasteiger partial charge in [-0.2, -0.15) is 5.10 Å². The van der Waals surface area contributed by atoms with E-state index in [1.54, 1.807) is 20.2 Å². The molecule has 0 atom stereocenters. The second-order valence-corrected chi connectivity index (χ2v) is 4.39. The lowest BCUT2D eigenvalue weighted by Crippen LogP contribution is -2.33. The monoisotopic (exact) mass is 277 g/mol. The van der Waals surface area contributed by atoms with Crippen molar-refractivity contribution in [3.05, 3.63) is 34.0 Å². The molecule has 106 valence electrons. The molecule has 0 aliphatic rings. The second-order valence-electron chi connectivity index (χ2n) is 4.39. The number of nitro groups is 1. The van der Waals surface area contributed by atoms with Gasteiger partial charge in [0.05, 0.1) is 10.4 Å². The van der Waals surface area contributed by atoms with Gasteiger partial charge >= 0.3 is 0 Å². The van der Waals surface area contributed by atoms with Crippen LogP contribution in [0.25, 0.3) is 10.9 Å². The van der Waals surface area contributed by atoms with E-state index in [0.29, 0.717) is 24.0 Å². The van der Waals surface area contributed by atoms with Crippen LogP contribution >= 0.6 is 0 Å². The van der Waals surface area contributed by atoms with Crippen LogP contribution in [0.2, 0.25) is 0 Å². The van der Waals surface area contributed by atoms with Crippen LogP contribution in [0.1, 0.15) is 10.5 Å². The molecule has 1 aromatic carbocycles. The molecule has 20 heavy (non-hydrogen) atoms. The highest BCUT2D eigenvalue weighted by Crippen LogP contribution is 2.22. The number of carbonyl (C=O) groups is 1. The van der Waals surface area contributed by atoms with Crippen LogP contribution in [0.5, 0.6) is 0 Å². The van der Waals surface area contributed by atoms with E-state index in [4.69, 9.17) is 0 Å². The Hall–Kier alpha value is -2.48. The Morgan fingerprint density at radius 1 is 1.55 bits per heavy atom. The average Bonchev–Trinajstić information content (AvgIpc) is 2.86. The summed E-state index contributed by atoms with van der Waals surface area (Å²) in [4.78, 5) is 24.1. The van der Waals surface area contributed by atoms with Crippen LogP contribution < -0.4 is 5.32 Å². The van der Waals surface area contributed by atoms with E-state index in [0.717, 1.165) is 0 Å². The van der Waals surface area contributed by atoms with Crippen LogP contribution in [0, 0.1) is 10.1 Å². The van der Waals surface area contributed by atoms with Gasteiger partial charge < -0.3 is 10.2 Å². The van der Waals surface area contributed by atoms with Crippen molar-refractivity contribution in [3.63, 3.8) is 0 Å². The van der Waals surface area contributed by atoms with Gasteiger partial charge in [-0.1, -0.05) is 0 Å². The molecule has 1 heterocycles. The fourth-order valence-electron chi connectivity index (χ4n) is 1.84. The Bertz CT molecular complexity index is 652. The van der Waals surface area contributed by atoms with Crippen molar-refractivity contribution in [3.8, 4) is 0 Å². The van der Waals surface area contributed by atoms with E-state index in [1.165, 1.54) is 17.0 Å². The Morgan fingerprint density at radius 2 is 2.30 bits per heavy atom. The van der Waals surface area contributed by atoms with Gasteiger partial charge in [0.25, 0.3) is 11.6 Å². The minimum absolute atomic E-state index is 0.0640. The molecule has 0 fully saturated rings. The Balaban J connectivity index is 2.36. The molecule has 2 rings (SSSR count). The first-order valence-corrected chi connectivity index (χ1v) is 6.07. The smallest absolute Gasteiger partial charge is 0.274 e. The zero-order valence-corrected chi connectivity index (χ0v) is 11.2. The lowest BCUT2D eigenvalue weighted by Gasteiger charge is -2.15. The summed E-state index contributed by atoms with van der Waals surface area (Å²) in [5.74, 6) is -0.271. The number of H-pyrrole nitrogens is 1. The maximum Gasteiger partial charge on any atom is 0.274 e. The first-order chi connectivity index (χ1) is 9.54. The maximum absolute atomic E-state index is 12.3. The Morgan fingerprint density at radius 3 is 2.95 bits per heavy atom. The standard InChI is InChI=1S/C12H15N5O3/c1-13-5-6-16(2)12(18)11-9-7-8(17(19)20)3-4-10(9)14-15-11/h3-4,7,13H,5-6H2,1-2H3,(H,14,15). The van der Waals surface area contributed by atoms with Gasteiger partial charge in [0.15, 0.2) is 5.69 Å². The number of amides is 1. The van der Waals surface area contributed by atoms with Crippen molar-refractivity contribution in [2.45, 2.75) is 0 Å². The summed E-state index contributed by atoms with van der Waals surface area (Å²) in [6, 6.07) is 4.28. The van der Waals surface area contributed by atoms with Crippen molar-refractivity contribution in [2.24, 2.45) is 0 Å². The van der Waals surface area contributed by atoms with Crippen LogP contribution in [0.4, 0.5) is 5.69 Å². The molecule has 2 N–H and O–H groups in total. The minimum Gasteiger partial charge on any atom is -0.339 e. The lowest BCUT2D eigenvalue weighted by atomic mass is 10.2. The van der Waals surface area contributed by atoms with E-state index in [-0.39, 0.29) is 17.3 Å². The minimum atomic E-state index is -0.495. The van der Waals surface area contributed by atoms with Crippen molar-refractivity contribution in [2.75, 3.05) is 27.2 Å². The SMILES string of the molecule is CNCCN(C)C(=O)c1n[nH]c2ccc([N+](=O)[O-])cc12. The van der Waals surface area contributed by atoms with Gasteiger partial charge in [-0.25, -0.2) is 0 Å². The molecule has 0 bridgehead atoms. The summed E-state index contributed by atoms with van der Waals surface area (Å²) in [6.07, 6.45) is 0. The highest BCUT2D eigenvalue weighted by molar-refractivity contribution is 6.05. The number of nitrogens with zero attached hydrogens (tertiary/aromatic N) is 3. The number of fused-ring (bicyclic) bond motifs is 1. The van der Waals surface area contributed by atoms with Crippen LogP contribution in [0.15, 0.2) is 18.2 Å². The summed E-state index contributed by atoms with van der Waals surface area (Å²) in [5, 5.41) is 20.9. The van der Waals surface area contributed by atoms with Gasteiger partial charge in [-0.15, -0.1) is 0 Å². The molecule has 8 heteroatoms. The highest BCUT2D eigenvalue weighted by Gasteiger charge is 2.19. The molecule has 0 spiro atoms. The van der Waals surface area contributed by atoms with Gasteiger partial charge in [-0.3, -0.25) is 20.0 Å². The molecule has 0 saturated carbocycles. The third-order valence-corrected chi connectivity index (χ3v) is 3.00. The Kier molecular flexibility index (Phi) is 3.94. The number of rotatable bonds is 5. The number of hydrogen-bond acceptors (Lipinski definition) is 5. The molecule has 0 saturated heterocycles. The number of carbonyl (C=O) groups excluding carboxylic acids is 1. The van der Waals surface area contributed by atoms with E-state index < -0.39 is 4.92 Å². The van der Waals surface area contributed by atoms with Gasteiger partial charge in [-0.05, 0) is 13.1 Å². The Labute approximate surface area is 114 Å². The van der Waals surface area contributed by atoms with Gasteiger partial charge in [0, 0.05) is 37.7 Å². The number of hydrogen-bond donors (Lipinski definition) is 2. The first kappa shape index (κ1) is 13.9. The number of aromatic amines is 1. The largest absolute Gasteiger partial charge is 0.339 e. The highest BCUT2D eigenvalue weighted by atomic mass is 16.6. The lowest BCUT2D eigenvalue weighted by molar-refractivity contribution is -0.384. The number of benzene rings is 1. The van der Waals surface area contributed by atoms with E-state index in [9.17, 15) is 14.9 Å². The number of non-ortho nitro benzene ring substituents is 1. The number of nitro benzene ring substituents is 1. The second kappa shape index (κ2) is 5.66. The molecular formula is C12H15N5O3. The first-order valence-electron chi connectivity index (χ1n) is 6.07. The number of nitrogens with one attached hydrogen (secondary N) is 2. The van der Waals surface area contributed by atoms with E-state index >= 15 is 0 Å². The van der Waals surface area contributed by atoms with E-state index in [2.05, 4.69) is 15.5 Å². The summed E-state index contributed by atoms with van der Waals surface area (Å²) in [7, 11) is 3.46. The predicted molar refractivity (Wildman–Crippen MR) is 73.6 cm³/mol. The van der Waals surface area contributed by atoms with Crippen LogP contribution in [-0.2, 0) is 0 Å². The van der Waals surface area contributed by atoms with Gasteiger partial charge in [0.1, 0.15) is 0 Å². The summed E-state index contributed by atoms with van der Waals surface area (Å²) in [5.41, 5.74) is 0.731. The summed E-state index contributed by atoms with van der Waals surface area (Å²) >= 11 is 0. The molecule has 0 aliphatic heterocycles. The zero-order valence-electron chi connectivity index (χ0n) is 11.2.